The number of hydrogen-bond acceptors (Lipinski definition) is 3. The Morgan fingerprint density at radius 3 is 2.33 bits per heavy atom. The standard InChI is InChI=1S/C15H21NO2/c16-13-9-7-12(8-10-13)11-15(17)18-14-5-3-1-2-4-6-14/h7-10,14H,1-6,11,16H2. The average molecular weight is 247 g/mol. The molecule has 0 radical (unpaired) electrons. The molecule has 0 heterocycles. The minimum Gasteiger partial charge on any atom is -0.462 e. The van der Waals surface area contributed by atoms with Crippen molar-refractivity contribution in [2.24, 2.45) is 0 Å². The summed E-state index contributed by atoms with van der Waals surface area (Å²) in [5.74, 6) is -0.119. The van der Waals surface area contributed by atoms with Gasteiger partial charge in [0, 0.05) is 5.69 Å². The predicted molar refractivity (Wildman–Crippen MR) is 72.1 cm³/mol. The number of ether oxygens (including phenoxy) is 1. The number of carbonyl (C=O) groups excluding carboxylic acids is 1. The first-order valence-electron chi connectivity index (χ1n) is 6.78. The summed E-state index contributed by atoms with van der Waals surface area (Å²) in [7, 11) is 0. The molecule has 2 rings (SSSR count). The van der Waals surface area contributed by atoms with E-state index in [0.717, 1.165) is 24.1 Å². The first kappa shape index (κ1) is 12.9. The summed E-state index contributed by atoms with van der Waals surface area (Å²) < 4.78 is 5.54. The number of anilines is 1. The van der Waals surface area contributed by atoms with Crippen LogP contribution in [0.25, 0.3) is 0 Å². The van der Waals surface area contributed by atoms with E-state index < -0.39 is 0 Å². The van der Waals surface area contributed by atoms with E-state index in [4.69, 9.17) is 10.5 Å². The highest BCUT2D eigenvalue weighted by molar-refractivity contribution is 5.72. The van der Waals surface area contributed by atoms with Gasteiger partial charge >= 0.3 is 5.97 Å². The zero-order valence-corrected chi connectivity index (χ0v) is 10.7. The Morgan fingerprint density at radius 1 is 1.11 bits per heavy atom. The van der Waals surface area contributed by atoms with Crippen molar-refractivity contribution in [1.29, 1.82) is 0 Å². The summed E-state index contributed by atoms with van der Waals surface area (Å²) in [6.45, 7) is 0. The fourth-order valence-electron chi connectivity index (χ4n) is 2.39. The topological polar surface area (TPSA) is 52.3 Å². The van der Waals surface area contributed by atoms with Crippen LogP contribution in [0.2, 0.25) is 0 Å². The molecule has 1 aliphatic rings. The summed E-state index contributed by atoms with van der Waals surface area (Å²) in [6, 6.07) is 7.38. The van der Waals surface area contributed by atoms with Gasteiger partial charge < -0.3 is 10.5 Å². The molecular formula is C15H21NO2. The van der Waals surface area contributed by atoms with Crippen LogP contribution in [0.15, 0.2) is 24.3 Å². The van der Waals surface area contributed by atoms with Crippen molar-refractivity contribution in [3.05, 3.63) is 29.8 Å². The monoisotopic (exact) mass is 247 g/mol. The van der Waals surface area contributed by atoms with Gasteiger partial charge in [0.15, 0.2) is 0 Å². The minimum atomic E-state index is -0.119. The molecule has 1 aromatic rings. The van der Waals surface area contributed by atoms with Crippen LogP contribution in [0.3, 0.4) is 0 Å². The highest BCUT2D eigenvalue weighted by Gasteiger charge is 2.16. The molecule has 18 heavy (non-hydrogen) atoms. The maximum Gasteiger partial charge on any atom is 0.310 e. The Labute approximate surface area is 108 Å². The molecule has 0 atom stereocenters. The number of nitrogens with two attached hydrogens (primary N) is 1. The van der Waals surface area contributed by atoms with Crippen molar-refractivity contribution in [1.82, 2.24) is 0 Å². The van der Waals surface area contributed by atoms with Gasteiger partial charge in [-0.15, -0.1) is 0 Å². The molecular weight excluding hydrogens is 226 g/mol. The summed E-state index contributed by atoms with van der Waals surface area (Å²) in [6.07, 6.45) is 7.42. The van der Waals surface area contributed by atoms with Gasteiger partial charge in [-0.1, -0.05) is 25.0 Å². The second kappa shape index (κ2) is 6.43. The maximum absolute atomic E-state index is 11.8. The third-order valence-corrected chi connectivity index (χ3v) is 3.43. The smallest absolute Gasteiger partial charge is 0.310 e. The number of hydrogen-bond donors (Lipinski definition) is 1. The molecule has 0 aromatic heterocycles. The molecule has 1 aliphatic carbocycles. The molecule has 1 fully saturated rings. The lowest BCUT2D eigenvalue weighted by molar-refractivity contribution is -0.148. The SMILES string of the molecule is Nc1ccc(CC(=O)OC2CCCCCC2)cc1. The van der Waals surface area contributed by atoms with E-state index in [0.29, 0.717) is 6.42 Å². The molecule has 0 aliphatic heterocycles. The molecule has 0 spiro atoms. The van der Waals surface area contributed by atoms with E-state index in [9.17, 15) is 4.79 Å². The quantitative estimate of drug-likeness (QED) is 0.507. The van der Waals surface area contributed by atoms with Crippen molar-refractivity contribution >= 4 is 11.7 Å². The van der Waals surface area contributed by atoms with Gasteiger partial charge in [-0.25, -0.2) is 0 Å². The van der Waals surface area contributed by atoms with Gasteiger partial charge in [0.1, 0.15) is 6.10 Å². The van der Waals surface area contributed by atoms with E-state index in [2.05, 4.69) is 0 Å². The second-order valence-corrected chi connectivity index (χ2v) is 5.02. The predicted octanol–water partition coefficient (Wildman–Crippen LogP) is 3.08. The molecule has 3 heteroatoms. The summed E-state index contributed by atoms with van der Waals surface area (Å²) in [5, 5.41) is 0. The Morgan fingerprint density at radius 2 is 1.72 bits per heavy atom. The molecule has 0 unspecified atom stereocenters. The van der Waals surface area contributed by atoms with E-state index in [1.54, 1.807) is 0 Å². The lowest BCUT2D eigenvalue weighted by Crippen LogP contribution is -2.18. The van der Waals surface area contributed by atoms with Crippen molar-refractivity contribution < 1.29 is 9.53 Å². The maximum atomic E-state index is 11.8. The van der Waals surface area contributed by atoms with E-state index >= 15 is 0 Å². The number of carbonyl (C=O) groups is 1. The number of nitrogen functional groups attached to an aromatic ring is 1. The van der Waals surface area contributed by atoms with Crippen LogP contribution in [-0.2, 0) is 16.0 Å². The molecule has 2 N–H and O–H groups in total. The first-order chi connectivity index (χ1) is 8.74. The molecule has 0 saturated heterocycles. The highest BCUT2D eigenvalue weighted by atomic mass is 16.5. The summed E-state index contributed by atoms with van der Waals surface area (Å²) in [5.41, 5.74) is 7.29. The third-order valence-electron chi connectivity index (χ3n) is 3.43. The van der Waals surface area contributed by atoms with Crippen LogP contribution >= 0.6 is 0 Å². The largest absolute Gasteiger partial charge is 0.462 e. The molecule has 1 aromatic carbocycles. The molecule has 1 saturated carbocycles. The third kappa shape index (κ3) is 4.06. The fourth-order valence-corrected chi connectivity index (χ4v) is 2.39. The molecule has 0 bridgehead atoms. The van der Waals surface area contributed by atoms with Gasteiger partial charge in [-0.05, 0) is 43.4 Å². The zero-order chi connectivity index (χ0) is 12.8. The zero-order valence-electron chi connectivity index (χ0n) is 10.7. The van der Waals surface area contributed by atoms with Crippen molar-refractivity contribution in [3.8, 4) is 0 Å². The highest BCUT2D eigenvalue weighted by Crippen LogP contribution is 2.20. The summed E-state index contributed by atoms with van der Waals surface area (Å²) >= 11 is 0. The molecule has 98 valence electrons. The van der Waals surface area contributed by atoms with Gasteiger partial charge in [-0.3, -0.25) is 4.79 Å². The van der Waals surface area contributed by atoms with E-state index in [1.807, 2.05) is 24.3 Å². The lowest BCUT2D eigenvalue weighted by atomic mass is 10.1. The van der Waals surface area contributed by atoms with Crippen LogP contribution < -0.4 is 5.73 Å². The van der Waals surface area contributed by atoms with Gasteiger partial charge in [-0.2, -0.15) is 0 Å². The van der Waals surface area contributed by atoms with E-state index in [-0.39, 0.29) is 12.1 Å². The number of esters is 1. The van der Waals surface area contributed by atoms with Crippen LogP contribution in [0, 0.1) is 0 Å². The van der Waals surface area contributed by atoms with Crippen LogP contribution in [0.4, 0.5) is 5.69 Å². The van der Waals surface area contributed by atoms with Gasteiger partial charge in [0.05, 0.1) is 6.42 Å². The normalized spacial score (nSPS) is 17.1. The second-order valence-electron chi connectivity index (χ2n) is 5.02. The lowest BCUT2D eigenvalue weighted by Gasteiger charge is -2.15. The molecule has 3 nitrogen and oxygen atoms in total. The number of benzene rings is 1. The van der Waals surface area contributed by atoms with Gasteiger partial charge in [0.2, 0.25) is 0 Å². The van der Waals surface area contributed by atoms with Crippen LogP contribution in [0.5, 0.6) is 0 Å². The average Bonchev–Trinajstić information content (AvgIpc) is 2.61. The first-order valence-corrected chi connectivity index (χ1v) is 6.78. The fraction of sp³-hybridized carbons (Fsp3) is 0.533. The Hall–Kier alpha value is -1.51. The minimum absolute atomic E-state index is 0.119. The van der Waals surface area contributed by atoms with Crippen LogP contribution in [-0.4, -0.2) is 12.1 Å². The van der Waals surface area contributed by atoms with Crippen molar-refractivity contribution in [2.45, 2.75) is 51.0 Å². The van der Waals surface area contributed by atoms with Crippen LogP contribution in [0.1, 0.15) is 44.1 Å². The van der Waals surface area contributed by atoms with Crippen molar-refractivity contribution in [3.63, 3.8) is 0 Å². The van der Waals surface area contributed by atoms with Gasteiger partial charge in [0.25, 0.3) is 0 Å². The Balaban J connectivity index is 1.82. The summed E-state index contributed by atoms with van der Waals surface area (Å²) in [4.78, 5) is 11.8. The molecule has 0 amide bonds. The number of rotatable bonds is 3. The Kier molecular flexibility index (Phi) is 4.62. The van der Waals surface area contributed by atoms with Crippen molar-refractivity contribution in [2.75, 3.05) is 5.73 Å². The Bertz CT molecular complexity index is 378. The van der Waals surface area contributed by atoms with E-state index in [1.165, 1.54) is 25.7 Å².